The van der Waals surface area contributed by atoms with E-state index in [1.165, 1.54) is 11.1 Å². The summed E-state index contributed by atoms with van der Waals surface area (Å²) in [6.45, 7) is 0.936. The van der Waals surface area contributed by atoms with Crippen molar-refractivity contribution in [3.63, 3.8) is 0 Å². The van der Waals surface area contributed by atoms with Gasteiger partial charge in [-0.05, 0) is 54.6 Å². The molecule has 1 aromatic heterocycles. The lowest BCUT2D eigenvalue weighted by Gasteiger charge is -2.14. The van der Waals surface area contributed by atoms with E-state index in [1.807, 2.05) is 18.3 Å². The topological polar surface area (TPSA) is 45.1 Å². The van der Waals surface area contributed by atoms with Gasteiger partial charge in [-0.1, -0.05) is 18.2 Å². The minimum absolute atomic E-state index is 0.374. The lowest BCUT2D eigenvalue weighted by molar-refractivity contribution is 0.469. The standard InChI is InChI=1S/C16H18N2O/c19-16-5-1-4-13-14(16)6-7-15(13)18-10-8-12-3-2-9-17-11-12/h1-5,9,11,15,18-19H,6-8,10H2. The Morgan fingerprint density at radius 3 is 3.05 bits per heavy atom. The summed E-state index contributed by atoms with van der Waals surface area (Å²) in [4.78, 5) is 4.12. The Morgan fingerprint density at radius 1 is 1.26 bits per heavy atom. The summed E-state index contributed by atoms with van der Waals surface area (Å²) in [7, 11) is 0. The Labute approximate surface area is 113 Å². The first-order valence-corrected chi connectivity index (χ1v) is 6.77. The van der Waals surface area contributed by atoms with Crippen LogP contribution in [0.25, 0.3) is 0 Å². The molecule has 0 saturated heterocycles. The van der Waals surface area contributed by atoms with E-state index in [-0.39, 0.29) is 0 Å². The van der Waals surface area contributed by atoms with E-state index in [9.17, 15) is 5.11 Å². The van der Waals surface area contributed by atoms with Gasteiger partial charge in [-0.3, -0.25) is 4.98 Å². The second-order valence-electron chi connectivity index (χ2n) is 5.00. The van der Waals surface area contributed by atoms with Crippen LogP contribution in [0.2, 0.25) is 0 Å². The average molecular weight is 254 g/mol. The zero-order valence-electron chi connectivity index (χ0n) is 10.8. The fraction of sp³-hybridized carbons (Fsp3) is 0.312. The van der Waals surface area contributed by atoms with Crippen LogP contribution in [-0.4, -0.2) is 16.6 Å². The number of rotatable bonds is 4. The molecule has 1 atom stereocenters. The van der Waals surface area contributed by atoms with Gasteiger partial charge in [-0.25, -0.2) is 0 Å². The summed E-state index contributed by atoms with van der Waals surface area (Å²) in [6, 6.07) is 10.3. The number of hydrogen-bond donors (Lipinski definition) is 2. The van der Waals surface area contributed by atoms with Gasteiger partial charge in [0.2, 0.25) is 0 Å². The molecule has 19 heavy (non-hydrogen) atoms. The largest absolute Gasteiger partial charge is 0.508 e. The number of hydrogen-bond acceptors (Lipinski definition) is 3. The minimum Gasteiger partial charge on any atom is -0.508 e. The first-order chi connectivity index (χ1) is 9.34. The molecule has 0 fully saturated rings. The molecule has 1 heterocycles. The number of pyridine rings is 1. The Bertz CT molecular complexity index is 554. The number of phenols is 1. The van der Waals surface area contributed by atoms with Crippen molar-refractivity contribution in [3.05, 3.63) is 59.4 Å². The van der Waals surface area contributed by atoms with E-state index in [0.717, 1.165) is 31.4 Å². The SMILES string of the molecule is Oc1cccc2c1CCC2NCCc1cccnc1. The summed E-state index contributed by atoms with van der Waals surface area (Å²) in [5.74, 6) is 0.439. The van der Waals surface area contributed by atoms with Crippen molar-refractivity contribution in [2.24, 2.45) is 0 Å². The van der Waals surface area contributed by atoms with E-state index in [2.05, 4.69) is 22.4 Å². The first-order valence-electron chi connectivity index (χ1n) is 6.77. The predicted octanol–water partition coefficient (Wildman–Crippen LogP) is 2.61. The molecule has 0 spiro atoms. The van der Waals surface area contributed by atoms with Crippen molar-refractivity contribution in [2.75, 3.05) is 6.54 Å². The van der Waals surface area contributed by atoms with Crippen LogP contribution in [0, 0.1) is 0 Å². The normalized spacial score (nSPS) is 17.4. The van der Waals surface area contributed by atoms with E-state index in [4.69, 9.17) is 0 Å². The Hall–Kier alpha value is -1.87. The molecule has 2 aromatic rings. The molecule has 0 amide bonds. The quantitative estimate of drug-likeness (QED) is 0.881. The van der Waals surface area contributed by atoms with Gasteiger partial charge in [0.1, 0.15) is 5.75 Å². The van der Waals surface area contributed by atoms with Gasteiger partial charge in [-0.15, -0.1) is 0 Å². The number of nitrogens with zero attached hydrogens (tertiary/aromatic N) is 1. The van der Waals surface area contributed by atoms with Crippen molar-refractivity contribution < 1.29 is 5.11 Å². The highest BCUT2D eigenvalue weighted by Gasteiger charge is 2.23. The monoisotopic (exact) mass is 254 g/mol. The van der Waals surface area contributed by atoms with E-state index in [1.54, 1.807) is 12.3 Å². The van der Waals surface area contributed by atoms with Crippen LogP contribution in [0.4, 0.5) is 0 Å². The maximum atomic E-state index is 9.82. The molecule has 3 nitrogen and oxygen atoms in total. The van der Waals surface area contributed by atoms with Crippen LogP contribution in [0.5, 0.6) is 5.75 Å². The van der Waals surface area contributed by atoms with Gasteiger partial charge < -0.3 is 10.4 Å². The van der Waals surface area contributed by atoms with Gasteiger partial charge in [-0.2, -0.15) is 0 Å². The third-order valence-corrected chi connectivity index (χ3v) is 3.77. The molecule has 0 saturated carbocycles. The smallest absolute Gasteiger partial charge is 0.119 e. The second-order valence-corrected chi connectivity index (χ2v) is 5.00. The highest BCUT2D eigenvalue weighted by atomic mass is 16.3. The maximum Gasteiger partial charge on any atom is 0.119 e. The molecule has 1 aromatic carbocycles. The summed E-state index contributed by atoms with van der Waals surface area (Å²) in [5, 5.41) is 13.4. The molecular formula is C16H18N2O. The van der Waals surface area contributed by atoms with Crippen LogP contribution >= 0.6 is 0 Å². The average Bonchev–Trinajstić information content (AvgIpc) is 2.85. The van der Waals surface area contributed by atoms with Crippen molar-refractivity contribution >= 4 is 0 Å². The molecular weight excluding hydrogens is 236 g/mol. The molecule has 1 unspecified atom stereocenters. The molecule has 1 aliphatic carbocycles. The van der Waals surface area contributed by atoms with Gasteiger partial charge in [0.05, 0.1) is 0 Å². The lowest BCUT2D eigenvalue weighted by atomic mass is 10.1. The molecule has 0 radical (unpaired) electrons. The summed E-state index contributed by atoms with van der Waals surface area (Å²) >= 11 is 0. The molecule has 3 heteroatoms. The molecule has 98 valence electrons. The van der Waals surface area contributed by atoms with E-state index >= 15 is 0 Å². The Morgan fingerprint density at radius 2 is 2.21 bits per heavy atom. The highest BCUT2D eigenvalue weighted by molar-refractivity contribution is 5.44. The van der Waals surface area contributed by atoms with Crippen LogP contribution in [-0.2, 0) is 12.8 Å². The number of fused-ring (bicyclic) bond motifs is 1. The zero-order chi connectivity index (χ0) is 13.1. The maximum absolute atomic E-state index is 9.82. The highest BCUT2D eigenvalue weighted by Crippen LogP contribution is 2.36. The third-order valence-electron chi connectivity index (χ3n) is 3.77. The van der Waals surface area contributed by atoms with Gasteiger partial charge in [0.25, 0.3) is 0 Å². The van der Waals surface area contributed by atoms with Crippen molar-refractivity contribution in [2.45, 2.75) is 25.3 Å². The summed E-state index contributed by atoms with van der Waals surface area (Å²) in [5.41, 5.74) is 3.62. The van der Waals surface area contributed by atoms with Gasteiger partial charge in [0, 0.05) is 18.4 Å². The number of benzene rings is 1. The second kappa shape index (κ2) is 5.41. The van der Waals surface area contributed by atoms with Crippen LogP contribution in [0.15, 0.2) is 42.7 Å². The fourth-order valence-corrected chi connectivity index (χ4v) is 2.78. The Kier molecular flexibility index (Phi) is 3.47. The lowest BCUT2D eigenvalue weighted by Crippen LogP contribution is -2.21. The van der Waals surface area contributed by atoms with Gasteiger partial charge >= 0.3 is 0 Å². The van der Waals surface area contributed by atoms with Crippen LogP contribution < -0.4 is 5.32 Å². The Balaban J connectivity index is 1.60. The van der Waals surface area contributed by atoms with Crippen molar-refractivity contribution in [1.82, 2.24) is 10.3 Å². The number of aromatic nitrogens is 1. The number of phenolic OH excluding ortho intramolecular Hbond substituents is 1. The summed E-state index contributed by atoms with van der Waals surface area (Å²) in [6.07, 6.45) is 6.73. The molecule has 1 aliphatic rings. The first kappa shape index (κ1) is 12.2. The molecule has 3 rings (SSSR count). The van der Waals surface area contributed by atoms with Crippen molar-refractivity contribution in [3.8, 4) is 5.75 Å². The number of nitrogens with one attached hydrogen (secondary N) is 1. The zero-order valence-corrected chi connectivity index (χ0v) is 10.8. The van der Waals surface area contributed by atoms with E-state index in [0.29, 0.717) is 11.8 Å². The fourth-order valence-electron chi connectivity index (χ4n) is 2.78. The summed E-state index contributed by atoms with van der Waals surface area (Å²) < 4.78 is 0. The number of aromatic hydroxyl groups is 1. The predicted molar refractivity (Wildman–Crippen MR) is 75.1 cm³/mol. The van der Waals surface area contributed by atoms with E-state index < -0.39 is 0 Å². The van der Waals surface area contributed by atoms with Crippen LogP contribution in [0.3, 0.4) is 0 Å². The third kappa shape index (κ3) is 2.61. The molecule has 2 N–H and O–H groups in total. The van der Waals surface area contributed by atoms with Crippen molar-refractivity contribution in [1.29, 1.82) is 0 Å². The van der Waals surface area contributed by atoms with Gasteiger partial charge in [0.15, 0.2) is 0 Å². The minimum atomic E-state index is 0.374. The molecule has 0 bridgehead atoms. The van der Waals surface area contributed by atoms with Crippen LogP contribution in [0.1, 0.15) is 29.2 Å². The molecule has 0 aliphatic heterocycles.